The van der Waals surface area contributed by atoms with E-state index in [4.69, 9.17) is 4.74 Å². The fraction of sp³-hybridized carbons (Fsp3) is 0.333. The molecule has 2 atom stereocenters. The third-order valence-corrected chi connectivity index (χ3v) is 3.71. The summed E-state index contributed by atoms with van der Waals surface area (Å²) in [6.45, 7) is 3.10. The summed E-state index contributed by atoms with van der Waals surface area (Å²) in [6.07, 6.45) is -0.536. The topological polar surface area (TPSA) is 41.5 Å². The number of benzene rings is 2. The van der Waals surface area contributed by atoms with Gasteiger partial charge >= 0.3 is 0 Å². The van der Waals surface area contributed by atoms with Crippen molar-refractivity contribution in [2.75, 3.05) is 20.3 Å². The lowest BCUT2D eigenvalue weighted by atomic mass is 9.92. The van der Waals surface area contributed by atoms with Crippen molar-refractivity contribution in [3.63, 3.8) is 0 Å². The number of aliphatic hydroxyl groups excluding tert-OH is 1. The predicted molar refractivity (Wildman–Crippen MR) is 85.1 cm³/mol. The molecule has 0 bridgehead atoms. The van der Waals surface area contributed by atoms with Crippen LogP contribution in [0.4, 0.5) is 0 Å². The molecule has 2 N–H and O–H groups in total. The maximum absolute atomic E-state index is 10.3. The summed E-state index contributed by atoms with van der Waals surface area (Å²) in [5, 5.41) is 13.7. The summed E-state index contributed by atoms with van der Waals surface area (Å²) in [5.41, 5.74) is 1.73. The molecule has 112 valence electrons. The number of hydrogen-bond acceptors (Lipinski definition) is 3. The number of aliphatic hydroxyl groups is 1. The summed E-state index contributed by atoms with van der Waals surface area (Å²) in [5.74, 6) is 0. The second-order valence-corrected chi connectivity index (χ2v) is 5.44. The standard InChI is InChI=1S/C18H23NO2/c1-18(14-21-2,16-11-7-4-8-12-16)19-13-17(20)15-9-5-3-6-10-15/h3-12,17,19-20H,13-14H2,1-2H3. The molecule has 0 amide bonds. The van der Waals surface area contributed by atoms with Crippen LogP contribution in [0.15, 0.2) is 60.7 Å². The fourth-order valence-corrected chi connectivity index (χ4v) is 2.45. The zero-order chi connectivity index (χ0) is 15.1. The van der Waals surface area contributed by atoms with Gasteiger partial charge in [-0.15, -0.1) is 0 Å². The van der Waals surface area contributed by atoms with Gasteiger partial charge in [0.05, 0.1) is 18.2 Å². The summed E-state index contributed by atoms with van der Waals surface area (Å²) < 4.78 is 5.36. The monoisotopic (exact) mass is 285 g/mol. The van der Waals surface area contributed by atoms with Gasteiger partial charge in [0.15, 0.2) is 0 Å². The van der Waals surface area contributed by atoms with Crippen LogP contribution in [0.25, 0.3) is 0 Å². The van der Waals surface area contributed by atoms with Crippen molar-refractivity contribution in [2.45, 2.75) is 18.6 Å². The number of rotatable bonds is 7. The Bertz CT molecular complexity index is 529. The third-order valence-electron chi connectivity index (χ3n) is 3.71. The van der Waals surface area contributed by atoms with Crippen molar-refractivity contribution in [2.24, 2.45) is 0 Å². The van der Waals surface area contributed by atoms with E-state index in [1.165, 1.54) is 0 Å². The molecule has 0 aromatic heterocycles. The van der Waals surface area contributed by atoms with Crippen LogP contribution >= 0.6 is 0 Å². The first kappa shape index (κ1) is 15.7. The molecule has 0 aliphatic carbocycles. The Balaban J connectivity index is 2.07. The molecule has 0 aliphatic heterocycles. The van der Waals surface area contributed by atoms with Crippen LogP contribution in [0.2, 0.25) is 0 Å². The van der Waals surface area contributed by atoms with Gasteiger partial charge in [-0.2, -0.15) is 0 Å². The quantitative estimate of drug-likeness (QED) is 0.822. The van der Waals surface area contributed by atoms with Crippen LogP contribution in [-0.2, 0) is 10.3 Å². The van der Waals surface area contributed by atoms with Crippen molar-refractivity contribution < 1.29 is 9.84 Å². The lowest BCUT2D eigenvalue weighted by Crippen LogP contribution is -2.45. The van der Waals surface area contributed by atoms with Crippen molar-refractivity contribution >= 4 is 0 Å². The van der Waals surface area contributed by atoms with Gasteiger partial charge in [0.2, 0.25) is 0 Å². The molecule has 2 unspecified atom stereocenters. The highest BCUT2D eigenvalue weighted by molar-refractivity contribution is 5.24. The lowest BCUT2D eigenvalue weighted by Gasteiger charge is -2.32. The van der Waals surface area contributed by atoms with Crippen LogP contribution in [0, 0.1) is 0 Å². The van der Waals surface area contributed by atoms with E-state index >= 15 is 0 Å². The number of nitrogens with one attached hydrogen (secondary N) is 1. The highest BCUT2D eigenvalue weighted by Gasteiger charge is 2.26. The summed E-state index contributed by atoms with van der Waals surface area (Å²) in [7, 11) is 1.69. The molecule has 0 saturated carbocycles. The first-order valence-corrected chi connectivity index (χ1v) is 7.18. The van der Waals surface area contributed by atoms with E-state index in [-0.39, 0.29) is 5.54 Å². The van der Waals surface area contributed by atoms with Crippen molar-refractivity contribution in [3.05, 3.63) is 71.8 Å². The van der Waals surface area contributed by atoms with E-state index in [9.17, 15) is 5.11 Å². The Labute approximate surface area is 126 Å². The first-order chi connectivity index (χ1) is 10.2. The average molecular weight is 285 g/mol. The van der Waals surface area contributed by atoms with E-state index in [2.05, 4.69) is 24.4 Å². The fourth-order valence-electron chi connectivity index (χ4n) is 2.45. The van der Waals surface area contributed by atoms with Gasteiger partial charge < -0.3 is 15.2 Å². The van der Waals surface area contributed by atoms with Gasteiger partial charge in [-0.05, 0) is 18.1 Å². The summed E-state index contributed by atoms with van der Waals surface area (Å²) >= 11 is 0. The van der Waals surface area contributed by atoms with E-state index in [1.54, 1.807) is 7.11 Å². The van der Waals surface area contributed by atoms with Gasteiger partial charge in [0.25, 0.3) is 0 Å². The van der Waals surface area contributed by atoms with Crippen LogP contribution < -0.4 is 5.32 Å². The average Bonchev–Trinajstić information content (AvgIpc) is 2.54. The van der Waals surface area contributed by atoms with Gasteiger partial charge in [-0.25, -0.2) is 0 Å². The van der Waals surface area contributed by atoms with Crippen molar-refractivity contribution in [1.82, 2.24) is 5.32 Å². The minimum absolute atomic E-state index is 0.328. The maximum atomic E-state index is 10.3. The smallest absolute Gasteiger partial charge is 0.0914 e. The highest BCUT2D eigenvalue weighted by Crippen LogP contribution is 2.22. The van der Waals surface area contributed by atoms with Crippen molar-refractivity contribution in [3.8, 4) is 0 Å². The summed E-state index contributed by atoms with van der Waals surface area (Å²) in [4.78, 5) is 0. The van der Waals surface area contributed by atoms with Crippen LogP contribution in [0.1, 0.15) is 24.2 Å². The normalized spacial score (nSPS) is 15.4. The molecule has 3 nitrogen and oxygen atoms in total. The van der Waals surface area contributed by atoms with Gasteiger partial charge in [-0.3, -0.25) is 0 Å². The van der Waals surface area contributed by atoms with E-state index in [1.807, 2.05) is 48.5 Å². The predicted octanol–water partition coefficient (Wildman–Crippen LogP) is 2.87. The third kappa shape index (κ3) is 4.14. The molecular formula is C18H23NO2. The minimum atomic E-state index is -0.536. The molecular weight excluding hydrogens is 262 g/mol. The second kappa shape index (κ2) is 7.36. The Hall–Kier alpha value is -1.68. The second-order valence-electron chi connectivity index (χ2n) is 5.44. The lowest BCUT2D eigenvalue weighted by molar-refractivity contribution is 0.0980. The molecule has 0 fully saturated rings. The molecule has 0 heterocycles. The van der Waals surface area contributed by atoms with Gasteiger partial charge in [0.1, 0.15) is 0 Å². The van der Waals surface area contributed by atoms with Gasteiger partial charge in [-0.1, -0.05) is 60.7 Å². The number of methoxy groups -OCH3 is 1. The van der Waals surface area contributed by atoms with Crippen LogP contribution in [0.3, 0.4) is 0 Å². The SMILES string of the molecule is COCC(C)(NCC(O)c1ccccc1)c1ccccc1. The molecule has 0 spiro atoms. The first-order valence-electron chi connectivity index (χ1n) is 7.18. The molecule has 2 aromatic carbocycles. The Morgan fingerprint density at radius 2 is 1.62 bits per heavy atom. The zero-order valence-corrected chi connectivity index (χ0v) is 12.6. The molecule has 0 aliphatic rings. The van der Waals surface area contributed by atoms with E-state index in [0.717, 1.165) is 11.1 Å². The molecule has 0 saturated heterocycles. The molecule has 21 heavy (non-hydrogen) atoms. The molecule has 3 heteroatoms. The summed E-state index contributed by atoms with van der Waals surface area (Å²) in [6, 6.07) is 19.8. The Morgan fingerprint density at radius 3 is 2.19 bits per heavy atom. The van der Waals surface area contributed by atoms with Crippen LogP contribution in [-0.4, -0.2) is 25.4 Å². The van der Waals surface area contributed by atoms with Crippen LogP contribution in [0.5, 0.6) is 0 Å². The van der Waals surface area contributed by atoms with Gasteiger partial charge in [0, 0.05) is 13.7 Å². The molecule has 2 rings (SSSR count). The Kier molecular flexibility index (Phi) is 5.51. The maximum Gasteiger partial charge on any atom is 0.0914 e. The molecule has 2 aromatic rings. The van der Waals surface area contributed by atoms with E-state index < -0.39 is 6.10 Å². The Morgan fingerprint density at radius 1 is 1.05 bits per heavy atom. The van der Waals surface area contributed by atoms with E-state index in [0.29, 0.717) is 13.2 Å². The zero-order valence-electron chi connectivity index (χ0n) is 12.6. The largest absolute Gasteiger partial charge is 0.387 e. The minimum Gasteiger partial charge on any atom is -0.387 e. The van der Waals surface area contributed by atoms with Crippen molar-refractivity contribution in [1.29, 1.82) is 0 Å². The number of ether oxygens (including phenoxy) is 1. The highest BCUT2D eigenvalue weighted by atomic mass is 16.5. The molecule has 0 radical (unpaired) electrons. The number of hydrogen-bond donors (Lipinski definition) is 2.